The molecule has 1 aliphatic rings. The zero-order valence-electron chi connectivity index (χ0n) is 6.76. The van der Waals surface area contributed by atoms with E-state index in [4.69, 9.17) is 7.85 Å². The molecule has 3 heteroatoms. The summed E-state index contributed by atoms with van der Waals surface area (Å²) in [6, 6.07) is 0. The molecule has 0 amide bonds. The Balaban J connectivity index is 2.66. The summed E-state index contributed by atoms with van der Waals surface area (Å²) in [6.07, 6.45) is 3.71. The summed E-state index contributed by atoms with van der Waals surface area (Å²) in [6.45, 7) is 3.87. The van der Waals surface area contributed by atoms with Crippen LogP contribution in [0.2, 0.25) is 5.31 Å². The van der Waals surface area contributed by atoms with Gasteiger partial charge in [0.15, 0.2) is 0 Å². The van der Waals surface area contributed by atoms with Gasteiger partial charge in [-0.2, -0.15) is 0 Å². The van der Waals surface area contributed by atoms with Crippen LogP contribution in [-0.4, -0.2) is 26.8 Å². The molecule has 0 spiro atoms. The third-order valence-corrected chi connectivity index (χ3v) is 4.73. The highest BCUT2D eigenvalue weighted by atomic mass is 31.2. The van der Waals surface area contributed by atoms with E-state index in [9.17, 15) is 4.57 Å². The second kappa shape index (κ2) is 2.41. The molecule has 0 aromatic rings. The summed E-state index contributed by atoms with van der Waals surface area (Å²) in [7, 11) is 4.05. The highest BCUT2D eigenvalue weighted by Crippen LogP contribution is 2.54. The van der Waals surface area contributed by atoms with Crippen LogP contribution >= 0.6 is 7.14 Å². The third-order valence-electron chi connectivity index (χ3n) is 2.07. The van der Waals surface area contributed by atoms with Crippen LogP contribution in [0.3, 0.4) is 0 Å². The Morgan fingerprint density at radius 2 is 2.20 bits per heavy atom. The van der Waals surface area contributed by atoms with Crippen LogP contribution in [-0.2, 0) is 4.57 Å². The normalized spacial score (nSPS) is 49.0. The molecule has 0 bridgehead atoms. The fourth-order valence-electron chi connectivity index (χ4n) is 1.74. The van der Waals surface area contributed by atoms with Gasteiger partial charge in [-0.25, -0.2) is 0 Å². The second-order valence-corrected chi connectivity index (χ2v) is 7.29. The summed E-state index contributed by atoms with van der Waals surface area (Å²) in [5.41, 5.74) is 0. The summed E-state index contributed by atoms with van der Waals surface area (Å²) >= 11 is 0. The molecule has 0 aromatic heterocycles. The Kier molecular flexibility index (Phi) is 2.02. The molecule has 1 rings (SSSR count). The van der Waals surface area contributed by atoms with E-state index in [-0.39, 0.29) is 5.31 Å². The van der Waals surface area contributed by atoms with Gasteiger partial charge in [0.25, 0.3) is 0 Å². The van der Waals surface area contributed by atoms with Gasteiger partial charge in [0.2, 0.25) is 0 Å². The zero-order chi connectivity index (χ0) is 7.83. The van der Waals surface area contributed by atoms with Gasteiger partial charge in [0.05, 0.1) is 15.0 Å². The molecule has 1 nitrogen and oxygen atoms in total. The van der Waals surface area contributed by atoms with Gasteiger partial charge in [0, 0.05) is 6.16 Å². The SMILES string of the molecule is [B]C1(C)CCCP(C)(=O)C1. The Hall–Kier alpha value is 0.295. The van der Waals surface area contributed by atoms with Gasteiger partial charge in [-0.3, -0.25) is 0 Å². The zero-order valence-corrected chi connectivity index (χ0v) is 7.66. The molecular formula is C7H14BOP. The fraction of sp³-hybridized carbons (Fsp3) is 1.00. The average molecular weight is 156 g/mol. The fourth-order valence-corrected chi connectivity index (χ4v) is 4.41. The van der Waals surface area contributed by atoms with Crippen LogP contribution in [0, 0.1) is 0 Å². The van der Waals surface area contributed by atoms with Gasteiger partial charge >= 0.3 is 0 Å². The van der Waals surface area contributed by atoms with Crippen LogP contribution < -0.4 is 0 Å². The Morgan fingerprint density at radius 1 is 1.60 bits per heavy atom. The molecule has 0 aliphatic carbocycles. The predicted molar refractivity (Wildman–Crippen MR) is 46.6 cm³/mol. The van der Waals surface area contributed by atoms with E-state index in [1.807, 2.05) is 13.6 Å². The van der Waals surface area contributed by atoms with Crippen molar-refractivity contribution in [3.8, 4) is 0 Å². The van der Waals surface area contributed by atoms with Gasteiger partial charge in [0.1, 0.15) is 0 Å². The van der Waals surface area contributed by atoms with Crippen molar-refractivity contribution >= 4 is 15.0 Å². The minimum Gasteiger partial charge on any atom is -0.324 e. The van der Waals surface area contributed by atoms with Crippen LogP contribution in [0.4, 0.5) is 0 Å². The first-order valence-electron chi connectivity index (χ1n) is 3.76. The molecule has 0 N–H and O–H groups in total. The lowest BCUT2D eigenvalue weighted by Crippen LogP contribution is -2.20. The Bertz CT molecular complexity index is 176. The van der Waals surface area contributed by atoms with Crippen LogP contribution in [0.15, 0.2) is 0 Å². The first-order chi connectivity index (χ1) is 4.41. The average Bonchev–Trinajstić information content (AvgIpc) is 1.56. The maximum absolute atomic E-state index is 11.6. The monoisotopic (exact) mass is 156 g/mol. The molecule has 1 aliphatic heterocycles. The molecule has 2 unspecified atom stereocenters. The molecule has 1 saturated heterocycles. The molecule has 56 valence electrons. The first-order valence-corrected chi connectivity index (χ1v) is 6.28. The van der Waals surface area contributed by atoms with Crippen molar-refractivity contribution < 1.29 is 4.57 Å². The standard InChI is InChI=1S/C7H14BOP/c1-7(8)4-3-5-10(2,9)6-7/h3-6H2,1-2H3. The third kappa shape index (κ3) is 2.16. The van der Waals surface area contributed by atoms with Gasteiger partial charge < -0.3 is 4.57 Å². The van der Waals surface area contributed by atoms with E-state index in [2.05, 4.69) is 0 Å². The summed E-state index contributed by atoms with van der Waals surface area (Å²) < 4.78 is 11.6. The number of hydrogen-bond acceptors (Lipinski definition) is 1. The number of rotatable bonds is 0. The quantitative estimate of drug-likeness (QED) is 0.387. The van der Waals surface area contributed by atoms with E-state index in [1.165, 1.54) is 0 Å². The van der Waals surface area contributed by atoms with E-state index < -0.39 is 7.14 Å². The molecule has 2 atom stereocenters. The maximum Gasteiger partial charge on any atom is 0.0846 e. The van der Waals surface area contributed by atoms with E-state index in [1.54, 1.807) is 0 Å². The van der Waals surface area contributed by atoms with Crippen molar-refractivity contribution in [2.75, 3.05) is 19.0 Å². The van der Waals surface area contributed by atoms with Gasteiger partial charge in [-0.05, 0) is 19.2 Å². The molecule has 1 heterocycles. The molecule has 0 saturated carbocycles. The second-order valence-electron chi connectivity index (χ2n) is 3.94. The predicted octanol–water partition coefficient (Wildman–Crippen LogP) is 2.12. The topological polar surface area (TPSA) is 17.1 Å². The largest absolute Gasteiger partial charge is 0.324 e. The minimum atomic E-state index is -1.83. The summed E-state index contributed by atoms with van der Waals surface area (Å²) in [5.74, 6) is 0. The lowest BCUT2D eigenvalue weighted by atomic mass is 9.69. The van der Waals surface area contributed by atoms with Crippen molar-refractivity contribution in [1.82, 2.24) is 0 Å². The Labute approximate surface area is 64.4 Å². The Morgan fingerprint density at radius 3 is 2.50 bits per heavy atom. The van der Waals surface area contributed by atoms with Gasteiger partial charge in [-0.15, -0.1) is 0 Å². The van der Waals surface area contributed by atoms with Crippen molar-refractivity contribution in [2.24, 2.45) is 0 Å². The van der Waals surface area contributed by atoms with Crippen LogP contribution in [0.25, 0.3) is 0 Å². The van der Waals surface area contributed by atoms with Gasteiger partial charge in [-0.1, -0.05) is 18.7 Å². The maximum atomic E-state index is 11.6. The highest BCUT2D eigenvalue weighted by Gasteiger charge is 2.31. The van der Waals surface area contributed by atoms with Crippen molar-refractivity contribution in [1.29, 1.82) is 0 Å². The lowest BCUT2D eigenvalue weighted by Gasteiger charge is -2.33. The lowest BCUT2D eigenvalue weighted by molar-refractivity contribution is 0.528. The van der Waals surface area contributed by atoms with E-state index in [0.29, 0.717) is 0 Å². The van der Waals surface area contributed by atoms with Crippen molar-refractivity contribution in [2.45, 2.75) is 25.1 Å². The first kappa shape index (κ1) is 8.39. The van der Waals surface area contributed by atoms with Crippen molar-refractivity contribution in [3.05, 3.63) is 0 Å². The smallest absolute Gasteiger partial charge is 0.0846 e. The van der Waals surface area contributed by atoms with Crippen LogP contribution in [0.1, 0.15) is 19.8 Å². The van der Waals surface area contributed by atoms with Crippen molar-refractivity contribution in [3.63, 3.8) is 0 Å². The minimum absolute atomic E-state index is 0.150. The molecule has 0 aromatic carbocycles. The highest BCUT2D eigenvalue weighted by molar-refractivity contribution is 7.63. The van der Waals surface area contributed by atoms with Crippen LogP contribution in [0.5, 0.6) is 0 Å². The molecule has 2 radical (unpaired) electrons. The molecular weight excluding hydrogens is 142 g/mol. The summed E-state index contributed by atoms with van der Waals surface area (Å²) in [5, 5.41) is -0.150. The van der Waals surface area contributed by atoms with E-state index in [0.717, 1.165) is 25.2 Å². The summed E-state index contributed by atoms with van der Waals surface area (Å²) in [4.78, 5) is 0. The molecule has 1 fully saturated rings. The number of hydrogen-bond donors (Lipinski definition) is 0. The molecule has 10 heavy (non-hydrogen) atoms. The van der Waals surface area contributed by atoms with E-state index >= 15 is 0 Å².